The third-order valence-corrected chi connectivity index (χ3v) is 4.73. The second-order valence-corrected chi connectivity index (χ2v) is 6.80. The molecule has 156 valence electrons. The fraction of sp³-hybridized carbons (Fsp3) is 0.0400. The zero-order valence-electron chi connectivity index (χ0n) is 17.3. The maximum Gasteiger partial charge on any atom is 0.266 e. The number of aromatic nitrogens is 3. The van der Waals surface area contributed by atoms with E-state index in [9.17, 15) is 10.1 Å². The number of para-hydroxylation sites is 1. The highest BCUT2D eigenvalue weighted by Gasteiger charge is 2.15. The minimum atomic E-state index is -0.509. The van der Waals surface area contributed by atoms with Crippen molar-refractivity contribution in [2.45, 2.75) is 0 Å². The molecule has 7 heteroatoms. The Bertz CT molecular complexity index is 1290. The molecule has 0 aliphatic heterocycles. The molecule has 32 heavy (non-hydrogen) atoms. The van der Waals surface area contributed by atoms with Crippen LogP contribution in [0.15, 0.2) is 90.9 Å². The van der Waals surface area contributed by atoms with Crippen molar-refractivity contribution in [1.82, 2.24) is 14.8 Å². The molecule has 0 aliphatic carbocycles. The van der Waals surface area contributed by atoms with E-state index < -0.39 is 5.91 Å². The van der Waals surface area contributed by atoms with Gasteiger partial charge in [-0.2, -0.15) is 10.4 Å². The molecule has 4 rings (SSSR count). The van der Waals surface area contributed by atoms with Gasteiger partial charge in [-0.3, -0.25) is 9.78 Å². The average Bonchev–Trinajstić information content (AvgIpc) is 3.28. The van der Waals surface area contributed by atoms with Gasteiger partial charge in [-0.1, -0.05) is 18.2 Å². The first kappa shape index (κ1) is 20.6. The lowest BCUT2D eigenvalue weighted by molar-refractivity contribution is -0.112. The van der Waals surface area contributed by atoms with Gasteiger partial charge in [0.1, 0.15) is 23.1 Å². The summed E-state index contributed by atoms with van der Waals surface area (Å²) in [7, 11) is 1.57. The lowest BCUT2D eigenvalue weighted by Gasteiger charge is -2.05. The zero-order valence-corrected chi connectivity index (χ0v) is 17.3. The summed E-state index contributed by atoms with van der Waals surface area (Å²) in [6.07, 6.45) is 6.68. The van der Waals surface area contributed by atoms with E-state index in [1.54, 1.807) is 60.7 Å². The molecule has 2 aromatic carbocycles. The van der Waals surface area contributed by atoms with Gasteiger partial charge in [0, 0.05) is 35.4 Å². The predicted octanol–water partition coefficient (Wildman–Crippen LogP) is 4.49. The van der Waals surface area contributed by atoms with Crippen molar-refractivity contribution in [2.24, 2.45) is 0 Å². The first-order valence-corrected chi connectivity index (χ1v) is 9.80. The van der Waals surface area contributed by atoms with Gasteiger partial charge >= 0.3 is 0 Å². The fourth-order valence-corrected chi connectivity index (χ4v) is 3.12. The molecular formula is C25H19N5O2. The Morgan fingerprint density at radius 3 is 2.44 bits per heavy atom. The number of pyridine rings is 1. The molecule has 1 amide bonds. The number of nitrogens with one attached hydrogen (secondary N) is 1. The van der Waals surface area contributed by atoms with Crippen molar-refractivity contribution < 1.29 is 9.53 Å². The molecule has 0 aliphatic rings. The summed E-state index contributed by atoms with van der Waals surface area (Å²) >= 11 is 0. The number of amides is 1. The average molecular weight is 421 g/mol. The van der Waals surface area contributed by atoms with Crippen LogP contribution in [0.4, 0.5) is 5.69 Å². The Morgan fingerprint density at radius 2 is 1.78 bits per heavy atom. The normalized spacial score (nSPS) is 10.9. The van der Waals surface area contributed by atoms with Crippen LogP contribution >= 0.6 is 0 Å². The molecule has 7 nitrogen and oxygen atoms in total. The molecule has 0 saturated carbocycles. The lowest BCUT2D eigenvalue weighted by Crippen LogP contribution is -2.13. The molecule has 0 saturated heterocycles. The van der Waals surface area contributed by atoms with E-state index in [-0.39, 0.29) is 5.57 Å². The van der Waals surface area contributed by atoms with Crippen LogP contribution in [0.5, 0.6) is 5.75 Å². The van der Waals surface area contributed by atoms with Crippen LogP contribution < -0.4 is 10.1 Å². The van der Waals surface area contributed by atoms with E-state index in [0.717, 1.165) is 11.3 Å². The smallest absolute Gasteiger partial charge is 0.266 e. The van der Waals surface area contributed by atoms with Crippen LogP contribution in [0.25, 0.3) is 23.0 Å². The highest BCUT2D eigenvalue weighted by atomic mass is 16.5. The monoisotopic (exact) mass is 421 g/mol. The van der Waals surface area contributed by atoms with Crippen molar-refractivity contribution in [3.63, 3.8) is 0 Å². The number of ether oxygens (including phenoxy) is 1. The number of carbonyl (C=O) groups excluding carboxylic acids is 1. The SMILES string of the molecule is COc1ccc(NC(=O)/C(C#N)=C/c2cn(-c3ccccc3)nc2-c2ccncc2)cc1. The van der Waals surface area contributed by atoms with E-state index in [2.05, 4.69) is 15.4 Å². The van der Waals surface area contributed by atoms with Gasteiger partial charge in [0.15, 0.2) is 0 Å². The van der Waals surface area contributed by atoms with Gasteiger partial charge in [0.2, 0.25) is 0 Å². The Kier molecular flexibility index (Phi) is 6.05. The number of benzene rings is 2. The molecule has 1 N–H and O–H groups in total. The Hall–Kier alpha value is -4.70. The predicted molar refractivity (Wildman–Crippen MR) is 122 cm³/mol. The molecule has 0 bridgehead atoms. The summed E-state index contributed by atoms with van der Waals surface area (Å²) in [5.74, 6) is 0.167. The van der Waals surface area contributed by atoms with E-state index in [1.807, 2.05) is 48.5 Å². The first-order valence-electron chi connectivity index (χ1n) is 9.80. The number of rotatable bonds is 6. The third kappa shape index (κ3) is 4.55. The van der Waals surface area contributed by atoms with Gasteiger partial charge in [-0.05, 0) is 54.6 Å². The Balaban J connectivity index is 1.70. The number of hydrogen-bond acceptors (Lipinski definition) is 5. The van der Waals surface area contributed by atoms with Crippen LogP contribution in [0, 0.1) is 11.3 Å². The Morgan fingerprint density at radius 1 is 1.06 bits per heavy atom. The van der Waals surface area contributed by atoms with Crippen molar-refractivity contribution in [2.75, 3.05) is 12.4 Å². The summed E-state index contributed by atoms with van der Waals surface area (Å²) in [5.41, 5.74) is 3.50. The van der Waals surface area contributed by atoms with Gasteiger partial charge in [0.05, 0.1) is 12.8 Å². The lowest BCUT2D eigenvalue weighted by atomic mass is 10.1. The summed E-state index contributed by atoms with van der Waals surface area (Å²) in [6.45, 7) is 0. The molecule has 0 spiro atoms. The number of anilines is 1. The number of nitriles is 1. The van der Waals surface area contributed by atoms with Crippen LogP contribution in [0.1, 0.15) is 5.56 Å². The molecule has 0 unspecified atom stereocenters. The largest absolute Gasteiger partial charge is 0.497 e. The van der Waals surface area contributed by atoms with Crippen molar-refractivity contribution in [3.8, 4) is 28.8 Å². The van der Waals surface area contributed by atoms with Gasteiger partial charge in [0.25, 0.3) is 5.91 Å². The number of hydrogen-bond donors (Lipinski definition) is 1. The molecular weight excluding hydrogens is 402 g/mol. The number of methoxy groups -OCH3 is 1. The van der Waals surface area contributed by atoms with Gasteiger partial charge in [-0.25, -0.2) is 4.68 Å². The van der Waals surface area contributed by atoms with Gasteiger partial charge < -0.3 is 10.1 Å². The van der Waals surface area contributed by atoms with Crippen molar-refractivity contribution >= 4 is 17.7 Å². The summed E-state index contributed by atoms with van der Waals surface area (Å²) in [6, 6.07) is 22.2. The van der Waals surface area contributed by atoms with E-state index >= 15 is 0 Å². The Labute approximate surface area is 185 Å². The fourth-order valence-electron chi connectivity index (χ4n) is 3.12. The molecule has 0 fully saturated rings. The van der Waals surface area contributed by atoms with Crippen LogP contribution in [-0.4, -0.2) is 27.8 Å². The summed E-state index contributed by atoms with van der Waals surface area (Å²) in [5, 5.41) is 17.1. The second-order valence-electron chi connectivity index (χ2n) is 6.80. The van der Waals surface area contributed by atoms with Crippen molar-refractivity contribution in [1.29, 1.82) is 5.26 Å². The minimum absolute atomic E-state index is 0.0382. The van der Waals surface area contributed by atoms with E-state index in [4.69, 9.17) is 4.74 Å². The van der Waals surface area contributed by atoms with Crippen molar-refractivity contribution in [3.05, 3.63) is 96.5 Å². The van der Waals surface area contributed by atoms with E-state index in [0.29, 0.717) is 22.7 Å². The summed E-state index contributed by atoms with van der Waals surface area (Å²) in [4.78, 5) is 16.8. The highest BCUT2D eigenvalue weighted by Crippen LogP contribution is 2.25. The maximum absolute atomic E-state index is 12.8. The molecule has 0 radical (unpaired) electrons. The minimum Gasteiger partial charge on any atom is -0.497 e. The zero-order chi connectivity index (χ0) is 22.3. The standard InChI is InChI=1S/C25H19N5O2/c1-32-23-9-7-21(8-10-23)28-25(31)19(16-26)15-20-17-30(22-5-3-2-4-6-22)29-24(20)18-11-13-27-14-12-18/h2-15,17H,1H3,(H,28,31)/b19-15+. The number of carbonyl (C=O) groups is 1. The van der Waals surface area contributed by atoms with Crippen LogP contribution in [0.3, 0.4) is 0 Å². The highest BCUT2D eigenvalue weighted by molar-refractivity contribution is 6.10. The van der Waals surface area contributed by atoms with Crippen LogP contribution in [0.2, 0.25) is 0 Å². The molecule has 0 atom stereocenters. The summed E-state index contributed by atoms with van der Waals surface area (Å²) < 4.78 is 6.85. The van der Waals surface area contributed by atoms with Gasteiger partial charge in [-0.15, -0.1) is 0 Å². The second kappa shape index (κ2) is 9.41. The molecule has 2 heterocycles. The quantitative estimate of drug-likeness (QED) is 0.366. The van der Waals surface area contributed by atoms with E-state index in [1.165, 1.54) is 0 Å². The molecule has 2 aromatic heterocycles. The molecule has 4 aromatic rings. The maximum atomic E-state index is 12.8. The third-order valence-electron chi connectivity index (χ3n) is 4.73. The number of nitrogens with zero attached hydrogens (tertiary/aromatic N) is 4. The first-order chi connectivity index (χ1) is 15.7. The topological polar surface area (TPSA) is 92.8 Å². The van der Waals surface area contributed by atoms with Crippen LogP contribution in [-0.2, 0) is 4.79 Å².